The molecule has 6 heteroatoms. The molecule has 0 spiro atoms. The van der Waals surface area contributed by atoms with Gasteiger partial charge in [0, 0.05) is 55.3 Å². The maximum Gasteiger partial charge on any atom is 0.159 e. The number of anilines is 1. The van der Waals surface area contributed by atoms with Gasteiger partial charge in [-0.05, 0) is 33.9 Å². The number of nitrogens with zero attached hydrogens (tertiary/aromatic N) is 6. The Labute approximate surface area is 160 Å². The number of piperidine rings is 1. The molecule has 142 valence electrons. The first-order valence-corrected chi connectivity index (χ1v) is 9.76. The Morgan fingerprint density at radius 2 is 1.81 bits per heavy atom. The molecule has 0 aliphatic carbocycles. The van der Waals surface area contributed by atoms with Gasteiger partial charge in [0.05, 0.1) is 5.69 Å². The molecule has 0 N–H and O–H groups in total. The molecule has 2 aromatic heterocycles. The van der Waals surface area contributed by atoms with Crippen LogP contribution in [0.2, 0.25) is 0 Å². The van der Waals surface area contributed by atoms with E-state index in [1.807, 2.05) is 13.1 Å². The maximum atomic E-state index is 4.68. The summed E-state index contributed by atoms with van der Waals surface area (Å²) in [6, 6.07) is 8.45. The Bertz CT molecular complexity index is 908. The lowest BCUT2D eigenvalue weighted by Crippen LogP contribution is -2.34. The molecule has 27 heavy (non-hydrogen) atoms. The lowest BCUT2D eigenvalue weighted by molar-refractivity contribution is 0.372. The van der Waals surface area contributed by atoms with E-state index in [0.717, 1.165) is 50.5 Å². The second-order valence-electron chi connectivity index (χ2n) is 7.70. The zero-order valence-corrected chi connectivity index (χ0v) is 16.5. The summed E-state index contributed by atoms with van der Waals surface area (Å²) in [5.41, 5.74) is 0.993. The molecule has 3 aromatic rings. The number of hydrogen-bond acceptors (Lipinski definition) is 5. The Morgan fingerprint density at radius 3 is 2.56 bits per heavy atom. The van der Waals surface area contributed by atoms with Gasteiger partial charge in [-0.2, -0.15) is 5.10 Å². The molecule has 4 rings (SSSR count). The third-order valence-corrected chi connectivity index (χ3v) is 5.55. The maximum absolute atomic E-state index is 4.68. The number of likely N-dealkylation sites (N-methyl/N-ethyl adjacent to an activating group) is 1. The fraction of sp³-hybridized carbons (Fsp3) is 0.476. The highest BCUT2D eigenvalue weighted by Gasteiger charge is 2.25. The largest absolute Gasteiger partial charge is 0.355 e. The zero-order chi connectivity index (χ0) is 18.8. The molecule has 1 fully saturated rings. The quantitative estimate of drug-likeness (QED) is 0.696. The summed E-state index contributed by atoms with van der Waals surface area (Å²) in [4.78, 5) is 9.28. The van der Waals surface area contributed by atoms with E-state index < -0.39 is 0 Å². The highest BCUT2D eigenvalue weighted by atomic mass is 15.3. The van der Waals surface area contributed by atoms with Gasteiger partial charge in [0.2, 0.25) is 0 Å². The minimum atomic E-state index is 0.517. The lowest BCUT2D eigenvalue weighted by atomic mass is 9.95. The van der Waals surface area contributed by atoms with Crippen molar-refractivity contribution in [3.8, 4) is 0 Å². The van der Waals surface area contributed by atoms with Crippen LogP contribution in [0.15, 0.2) is 36.7 Å². The van der Waals surface area contributed by atoms with E-state index in [1.165, 1.54) is 16.6 Å². The highest BCUT2D eigenvalue weighted by Crippen LogP contribution is 2.32. The second kappa shape index (κ2) is 7.64. The summed E-state index contributed by atoms with van der Waals surface area (Å²) in [5.74, 6) is 2.77. The van der Waals surface area contributed by atoms with Crippen LogP contribution < -0.4 is 4.90 Å². The van der Waals surface area contributed by atoms with Gasteiger partial charge in [-0.3, -0.25) is 0 Å². The molecular weight excluding hydrogens is 336 g/mol. The molecule has 1 aliphatic rings. The summed E-state index contributed by atoms with van der Waals surface area (Å²) >= 11 is 0. The van der Waals surface area contributed by atoms with E-state index in [0.29, 0.717) is 5.92 Å². The molecule has 0 bridgehead atoms. The first kappa shape index (κ1) is 17.9. The number of rotatable bonds is 5. The topological polar surface area (TPSA) is 50.1 Å². The van der Waals surface area contributed by atoms with Crippen LogP contribution in [-0.4, -0.2) is 58.4 Å². The van der Waals surface area contributed by atoms with Crippen molar-refractivity contribution >= 4 is 16.6 Å². The van der Waals surface area contributed by atoms with Gasteiger partial charge >= 0.3 is 0 Å². The normalized spacial score (nSPS) is 15.8. The first-order chi connectivity index (χ1) is 13.1. The predicted octanol–water partition coefficient (Wildman–Crippen LogP) is 3.08. The summed E-state index contributed by atoms with van der Waals surface area (Å²) in [5, 5.41) is 11.3. The highest BCUT2D eigenvalue weighted by molar-refractivity contribution is 5.93. The Kier molecular flexibility index (Phi) is 5.07. The van der Waals surface area contributed by atoms with E-state index in [-0.39, 0.29) is 0 Å². The van der Waals surface area contributed by atoms with E-state index in [1.54, 1.807) is 0 Å². The fourth-order valence-corrected chi connectivity index (χ4v) is 3.98. The lowest BCUT2D eigenvalue weighted by Gasteiger charge is -2.33. The minimum Gasteiger partial charge on any atom is -0.355 e. The van der Waals surface area contributed by atoms with Crippen LogP contribution in [0.1, 0.15) is 30.3 Å². The van der Waals surface area contributed by atoms with Gasteiger partial charge in [0.1, 0.15) is 5.82 Å². The number of hydrogen-bond donors (Lipinski definition) is 0. The van der Waals surface area contributed by atoms with E-state index in [4.69, 9.17) is 0 Å². The van der Waals surface area contributed by atoms with Gasteiger partial charge in [-0.1, -0.05) is 24.3 Å². The van der Waals surface area contributed by atoms with Crippen molar-refractivity contribution in [1.29, 1.82) is 0 Å². The van der Waals surface area contributed by atoms with Gasteiger partial charge < -0.3 is 14.4 Å². The van der Waals surface area contributed by atoms with Crippen LogP contribution in [-0.2, 0) is 6.54 Å². The SMILES string of the molecule is Cc1nnc(N2CCC(c3nccn3CCN(C)C)CC2)c2ccccc12. The molecule has 0 unspecified atom stereocenters. The van der Waals surface area contributed by atoms with Gasteiger partial charge in [0.15, 0.2) is 5.82 Å². The summed E-state index contributed by atoms with van der Waals surface area (Å²) in [6.45, 7) is 6.04. The predicted molar refractivity (Wildman–Crippen MR) is 109 cm³/mol. The third kappa shape index (κ3) is 3.67. The van der Waals surface area contributed by atoms with Crippen molar-refractivity contribution in [2.45, 2.75) is 32.2 Å². The number of imidazole rings is 1. The molecule has 0 atom stereocenters. The number of aryl methyl sites for hydroxylation is 1. The van der Waals surface area contributed by atoms with Crippen molar-refractivity contribution in [2.24, 2.45) is 0 Å². The van der Waals surface area contributed by atoms with Crippen molar-refractivity contribution in [3.63, 3.8) is 0 Å². The molecule has 0 amide bonds. The van der Waals surface area contributed by atoms with Crippen LogP contribution in [0.4, 0.5) is 5.82 Å². The molecule has 1 aromatic carbocycles. The van der Waals surface area contributed by atoms with Crippen molar-refractivity contribution in [2.75, 3.05) is 38.6 Å². The number of aromatic nitrogens is 4. The summed E-state index contributed by atoms with van der Waals surface area (Å²) in [6.07, 6.45) is 6.26. The Hall–Kier alpha value is -2.47. The number of fused-ring (bicyclic) bond motifs is 1. The standard InChI is InChI=1S/C21H28N6/c1-16-18-6-4-5-7-19(18)21(24-23-16)26-11-8-17(9-12-26)20-22-10-13-27(20)15-14-25(2)3/h4-7,10,13,17H,8-9,11-12,14-15H2,1-3H3. The monoisotopic (exact) mass is 364 g/mol. The van der Waals surface area contributed by atoms with Gasteiger partial charge in [0.25, 0.3) is 0 Å². The summed E-state index contributed by atoms with van der Waals surface area (Å²) < 4.78 is 2.32. The third-order valence-electron chi connectivity index (χ3n) is 5.55. The average molecular weight is 364 g/mol. The minimum absolute atomic E-state index is 0.517. The van der Waals surface area contributed by atoms with Crippen LogP contribution in [0, 0.1) is 6.92 Å². The number of benzene rings is 1. The smallest absolute Gasteiger partial charge is 0.159 e. The van der Waals surface area contributed by atoms with E-state index >= 15 is 0 Å². The van der Waals surface area contributed by atoms with Crippen molar-refractivity contribution < 1.29 is 0 Å². The van der Waals surface area contributed by atoms with E-state index in [2.05, 4.69) is 74.1 Å². The molecule has 3 heterocycles. The molecule has 1 aliphatic heterocycles. The first-order valence-electron chi connectivity index (χ1n) is 9.76. The van der Waals surface area contributed by atoms with Crippen LogP contribution in [0.3, 0.4) is 0 Å². The molecular formula is C21H28N6. The zero-order valence-electron chi connectivity index (χ0n) is 16.5. The molecule has 0 saturated carbocycles. The summed E-state index contributed by atoms with van der Waals surface area (Å²) in [7, 11) is 4.23. The molecule has 6 nitrogen and oxygen atoms in total. The average Bonchev–Trinajstić information content (AvgIpc) is 3.16. The Balaban J connectivity index is 1.49. The van der Waals surface area contributed by atoms with Crippen LogP contribution >= 0.6 is 0 Å². The van der Waals surface area contributed by atoms with Crippen molar-refractivity contribution in [3.05, 3.63) is 48.2 Å². The van der Waals surface area contributed by atoms with Crippen LogP contribution in [0.25, 0.3) is 10.8 Å². The van der Waals surface area contributed by atoms with Gasteiger partial charge in [-0.25, -0.2) is 4.98 Å². The van der Waals surface area contributed by atoms with Crippen molar-refractivity contribution in [1.82, 2.24) is 24.6 Å². The molecule has 0 radical (unpaired) electrons. The van der Waals surface area contributed by atoms with Gasteiger partial charge in [-0.15, -0.1) is 5.10 Å². The Morgan fingerprint density at radius 1 is 1.07 bits per heavy atom. The molecule has 1 saturated heterocycles. The van der Waals surface area contributed by atoms with E-state index in [9.17, 15) is 0 Å². The second-order valence-corrected chi connectivity index (χ2v) is 7.70. The van der Waals surface area contributed by atoms with Crippen LogP contribution in [0.5, 0.6) is 0 Å². The fourth-order valence-electron chi connectivity index (χ4n) is 3.98.